The molecule has 84 valence electrons. The van der Waals surface area contributed by atoms with Crippen LogP contribution in [0.25, 0.3) is 0 Å². The predicted octanol–water partition coefficient (Wildman–Crippen LogP) is 2.96. The third-order valence-electron chi connectivity index (χ3n) is 2.11. The van der Waals surface area contributed by atoms with Gasteiger partial charge < -0.3 is 5.73 Å². The molecule has 0 aliphatic carbocycles. The van der Waals surface area contributed by atoms with Crippen molar-refractivity contribution in [1.29, 1.82) is 0 Å². The van der Waals surface area contributed by atoms with Crippen LogP contribution in [0, 0.1) is 5.82 Å². The Morgan fingerprint density at radius 3 is 2.69 bits per heavy atom. The molecule has 0 bridgehead atoms. The first-order valence-electron chi connectivity index (χ1n) is 4.49. The second-order valence-electron chi connectivity index (χ2n) is 3.27. The van der Waals surface area contributed by atoms with Crippen LogP contribution in [0.15, 0.2) is 24.4 Å². The zero-order valence-electron chi connectivity index (χ0n) is 8.12. The lowest BCUT2D eigenvalue weighted by Gasteiger charge is -2.04. The Balaban J connectivity index is 2.30. The molecule has 2 rings (SSSR count). The van der Waals surface area contributed by atoms with Gasteiger partial charge in [0.05, 0.1) is 11.6 Å². The molecule has 1 aromatic carbocycles. The highest BCUT2D eigenvalue weighted by molar-refractivity contribution is 6.32. The van der Waals surface area contributed by atoms with Gasteiger partial charge in [-0.1, -0.05) is 35.3 Å². The van der Waals surface area contributed by atoms with E-state index >= 15 is 0 Å². The minimum atomic E-state index is -0.450. The van der Waals surface area contributed by atoms with Crippen LogP contribution in [0.4, 0.5) is 10.2 Å². The second-order valence-corrected chi connectivity index (χ2v) is 4.09. The van der Waals surface area contributed by atoms with Gasteiger partial charge in [0.2, 0.25) is 0 Å². The van der Waals surface area contributed by atoms with E-state index in [9.17, 15) is 4.39 Å². The normalized spacial score (nSPS) is 10.7. The summed E-state index contributed by atoms with van der Waals surface area (Å²) in [6.45, 7) is 0.239. The minimum Gasteiger partial charge on any atom is -0.381 e. The maximum Gasteiger partial charge on any atom is 0.164 e. The van der Waals surface area contributed by atoms with Gasteiger partial charge in [-0.25, -0.2) is 4.39 Å². The first-order valence-corrected chi connectivity index (χ1v) is 5.25. The molecule has 0 radical (unpaired) electrons. The molecule has 0 unspecified atom stereocenters. The van der Waals surface area contributed by atoms with Crippen molar-refractivity contribution >= 4 is 29.0 Å². The molecule has 1 aromatic heterocycles. The lowest BCUT2D eigenvalue weighted by molar-refractivity contribution is 0.586. The molecule has 0 fully saturated rings. The van der Waals surface area contributed by atoms with Gasteiger partial charge in [-0.05, 0) is 6.07 Å². The Morgan fingerprint density at radius 1 is 1.31 bits per heavy atom. The van der Waals surface area contributed by atoms with E-state index in [1.54, 1.807) is 12.1 Å². The molecule has 16 heavy (non-hydrogen) atoms. The maximum absolute atomic E-state index is 13.6. The number of nitrogen functional groups attached to an aromatic ring is 1. The van der Waals surface area contributed by atoms with Gasteiger partial charge >= 0.3 is 0 Å². The summed E-state index contributed by atoms with van der Waals surface area (Å²) < 4.78 is 15.0. The van der Waals surface area contributed by atoms with Crippen molar-refractivity contribution in [2.24, 2.45) is 0 Å². The van der Waals surface area contributed by atoms with Crippen LogP contribution in [0.3, 0.4) is 0 Å². The Hall–Kier alpha value is -1.26. The van der Waals surface area contributed by atoms with E-state index in [2.05, 4.69) is 5.10 Å². The molecule has 1 heterocycles. The zero-order chi connectivity index (χ0) is 11.7. The van der Waals surface area contributed by atoms with Gasteiger partial charge in [0.1, 0.15) is 10.8 Å². The number of anilines is 1. The lowest BCUT2D eigenvalue weighted by Crippen LogP contribution is -2.03. The highest BCUT2D eigenvalue weighted by Gasteiger charge is 2.08. The van der Waals surface area contributed by atoms with Crippen molar-refractivity contribution in [3.8, 4) is 0 Å². The van der Waals surface area contributed by atoms with Gasteiger partial charge in [0.15, 0.2) is 5.82 Å². The van der Waals surface area contributed by atoms with E-state index in [0.717, 1.165) is 0 Å². The van der Waals surface area contributed by atoms with E-state index in [0.29, 0.717) is 10.6 Å². The summed E-state index contributed by atoms with van der Waals surface area (Å²) in [5.74, 6) is -0.224. The minimum absolute atomic E-state index is 0.0868. The van der Waals surface area contributed by atoms with Crippen LogP contribution in [0.1, 0.15) is 5.56 Å². The van der Waals surface area contributed by atoms with Gasteiger partial charge in [-0.2, -0.15) is 5.10 Å². The van der Waals surface area contributed by atoms with Crippen molar-refractivity contribution in [3.05, 3.63) is 45.8 Å². The first-order chi connectivity index (χ1) is 7.58. The molecular weight excluding hydrogens is 252 g/mol. The van der Waals surface area contributed by atoms with E-state index in [1.165, 1.54) is 16.9 Å². The van der Waals surface area contributed by atoms with Crippen LogP contribution in [-0.4, -0.2) is 9.78 Å². The average Bonchev–Trinajstić information content (AvgIpc) is 2.54. The third kappa shape index (κ3) is 2.13. The fraction of sp³-hybridized carbons (Fsp3) is 0.100. The number of benzene rings is 1. The second kappa shape index (κ2) is 4.31. The van der Waals surface area contributed by atoms with Gasteiger partial charge in [-0.3, -0.25) is 4.68 Å². The summed E-state index contributed by atoms with van der Waals surface area (Å²) in [5, 5.41) is 4.37. The number of hydrogen-bond donors (Lipinski definition) is 1. The summed E-state index contributed by atoms with van der Waals surface area (Å²) in [7, 11) is 0. The standard InChI is InChI=1S/C10H8Cl2FN3/c11-7-3-1-2-6(9(7)13)4-16-5-8(12)10(14)15-16/h1-3,5H,4H2,(H2,14,15). The monoisotopic (exact) mass is 259 g/mol. The fourth-order valence-corrected chi connectivity index (χ4v) is 1.68. The number of rotatable bonds is 2. The average molecular weight is 260 g/mol. The predicted molar refractivity (Wildman–Crippen MR) is 62.2 cm³/mol. The first kappa shape index (κ1) is 11.2. The lowest BCUT2D eigenvalue weighted by atomic mass is 10.2. The SMILES string of the molecule is Nc1nn(Cc2cccc(Cl)c2F)cc1Cl. The Kier molecular flexibility index (Phi) is 3.03. The summed E-state index contributed by atoms with van der Waals surface area (Å²) in [6, 6.07) is 4.80. The van der Waals surface area contributed by atoms with Gasteiger partial charge in [0.25, 0.3) is 0 Å². The van der Waals surface area contributed by atoms with E-state index in [-0.39, 0.29) is 17.4 Å². The molecule has 3 nitrogen and oxygen atoms in total. The maximum atomic E-state index is 13.6. The molecule has 2 aromatic rings. The molecule has 0 spiro atoms. The van der Waals surface area contributed by atoms with Crippen molar-refractivity contribution in [2.75, 3.05) is 5.73 Å². The Bertz CT molecular complexity index is 505. The number of hydrogen-bond acceptors (Lipinski definition) is 2. The molecule has 0 amide bonds. The number of halogens is 3. The molecular formula is C10H8Cl2FN3. The molecule has 0 atom stereocenters. The van der Waals surface area contributed by atoms with Crippen molar-refractivity contribution < 1.29 is 4.39 Å². The van der Waals surface area contributed by atoms with Crippen molar-refractivity contribution in [3.63, 3.8) is 0 Å². The quantitative estimate of drug-likeness (QED) is 0.902. The van der Waals surface area contributed by atoms with Crippen LogP contribution >= 0.6 is 23.2 Å². The fourth-order valence-electron chi connectivity index (χ4n) is 1.34. The van der Waals surface area contributed by atoms with Crippen LogP contribution in [0.2, 0.25) is 10.0 Å². The zero-order valence-corrected chi connectivity index (χ0v) is 9.63. The topological polar surface area (TPSA) is 43.8 Å². The van der Waals surface area contributed by atoms with Crippen molar-refractivity contribution in [1.82, 2.24) is 9.78 Å². The summed E-state index contributed by atoms with van der Waals surface area (Å²) >= 11 is 11.4. The number of nitrogens with two attached hydrogens (primary N) is 1. The highest BCUT2D eigenvalue weighted by atomic mass is 35.5. The van der Waals surface area contributed by atoms with E-state index < -0.39 is 5.82 Å². The van der Waals surface area contributed by atoms with Crippen molar-refractivity contribution in [2.45, 2.75) is 6.54 Å². The third-order valence-corrected chi connectivity index (χ3v) is 2.69. The number of nitrogens with zero attached hydrogens (tertiary/aromatic N) is 2. The molecule has 0 saturated carbocycles. The Labute approximate surface area is 102 Å². The summed E-state index contributed by atoms with van der Waals surface area (Å²) in [6.07, 6.45) is 1.54. The molecule has 6 heteroatoms. The summed E-state index contributed by atoms with van der Waals surface area (Å²) in [4.78, 5) is 0. The van der Waals surface area contributed by atoms with Crippen LogP contribution < -0.4 is 5.73 Å². The van der Waals surface area contributed by atoms with E-state index in [1.807, 2.05) is 0 Å². The van der Waals surface area contributed by atoms with Gasteiger partial charge in [0, 0.05) is 11.8 Å². The molecule has 0 aliphatic rings. The Morgan fingerprint density at radius 2 is 2.06 bits per heavy atom. The van der Waals surface area contributed by atoms with Gasteiger partial charge in [-0.15, -0.1) is 0 Å². The van der Waals surface area contributed by atoms with E-state index in [4.69, 9.17) is 28.9 Å². The largest absolute Gasteiger partial charge is 0.381 e. The molecule has 0 saturated heterocycles. The number of aromatic nitrogens is 2. The summed E-state index contributed by atoms with van der Waals surface area (Å²) in [5.41, 5.74) is 5.92. The van der Waals surface area contributed by atoms with Crippen LogP contribution in [-0.2, 0) is 6.54 Å². The molecule has 0 aliphatic heterocycles. The van der Waals surface area contributed by atoms with Crippen LogP contribution in [0.5, 0.6) is 0 Å². The molecule has 2 N–H and O–H groups in total. The highest BCUT2D eigenvalue weighted by Crippen LogP contribution is 2.20. The smallest absolute Gasteiger partial charge is 0.164 e.